The molecule has 7 nitrogen and oxygen atoms in total. The van der Waals surface area contributed by atoms with Crippen molar-refractivity contribution in [3.05, 3.63) is 0 Å². The Bertz CT molecular complexity index is 309. The van der Waals surface area contributed by atoms with Gasteiger partial charge >= 0.3 is 8.80 Å². The molecule has 0 radical (unpaired) electrons. The Hall–Kier alpha value is -0.0631. The highest BCUT2D eigenvalue weighted by molar-refractivity contribution is 6.63. The molecule has 0 heterocycles. The average molecular weight is 369 g/mol. The van der Waals surface area contributed by atoms with E-state index in [9.17, 15) is 0 Å². The normalized spacial score (nSPS) is 15.5. The summed E-state index contributed by atoms with van der Waals surface area (Å²) in [6.07, 6.45) is 2.39. The van der Waals surface area contributed by atoms with E-state index in [-0.39, 0.29) is 0 Å². The van der Waals surface area contributed by atoms with E-state index in [0.29, 0.717) is 19.8 Å². The zero-order chi connectivity index (χ0) is 18.7. The zero-order valence-electron chi connectivity index (χ0n) is 16.6. The van der Waals surface area contributed by atoms with Crippen LogP contribution in [0.15, 0.2) is 0 Å². The van der Waals surface area contributed by atoms with Crippen molar-refractivity contribution in [1.29, 1.82) is 0 Å². The van der Waals surface area contributed by atoms with E-state index in [1.807, 2.05) is 20.8 Å². The minimum absolute atomic E-state index is 0.420. The summed E-state index contributed by atoms with van der Waals surface area (Å²) in [6.45, 7) is 9.12. The van der Waals surface area contributed by atoms with E-state index < -0.39 is 20.0 Å². The van der Waals surface area contributed by atoms with Crippen molar-refractivity contribution in [2.75, 3.05) is 48.3 Å². The van der Waals surface area contributed by atoms with Crippen molar-refractivity contribution >= 4 is 8.80 Å². The summed E-state index contributed by atoms with van der Waals surface area (Å²) < 4.78 is 41.3. The van der Waals surface area contributed by atoms with Crippen LogP contribution in [0.5, 0.6) is 0 Å². The summed E-state index contributed by atoms with van der Waals surface area (Å²) in [4.78, 5) is 0. The first-order valence-corrected chi connectivity index (χ1v) is 10.3. The first-order chi connectivity index (χ1) is 11.4. The Morgan fingerprint density at radius 2 is 1.04 bits per heavy atom. The first-order valence-electron chi connectivity index (χ1n) is 8.55. The molecule has 0 amide bonds. The van der Waals surface area contributed by atoms with Gasteiger partial charge < -0.3 is 32.2 Å². The Kier molecular flexibility index (Phi) is 11.5. The molecular formula is C16H36O7Si. The van der Waals surface area contributed by atoms with Crippen LogP contribution in [-0.4, -0.2) is 68.3 Å². The van der Waals surface area contributed by atoms with Gasteiger partial charge in [0.2, 0.25) is 5.79 Å². The molecule has 0 aliphatic carbocycles. The van der Waals surface area contributed by atoms with Gasteiger partial charge in [0.25, 0.3) is 5.41 Å². The lowest BCUT2D eigenvalue weighted by Gasteiger charge is -2.50. The summed E-state index contributed by atoms with van der Waals surface area (Å²) >= 11 is 0. The maximum atomic E-state index is 6.19. The molecule has 0 saturated heterocycles. The average Bonchev–Trinajstić information content (AvgIpc) is 2.62. The molecule has 24 heavy (non-hydrogen) atoms. The summed E-state index contributed by atoms with van der Waals surface area (Å²) in [5, 5.41) is 0. The van der Waals surface area contributed by atoms with E-state index >= 15 is 0 Å². The highest BCUT2D eigenvalue weighted by Crippen LogP contribution is 2.41. The van der Waals surface area contributed by atoms with Crippen LogP contribution in [0.25, 0.3) is 0 Å². The van der Waals surface area contributed by atoms with Gasteiger partial charge in [-0.2, -0.15) is 0 Å². The summed E-state index contributed by atoms with van der Waals surface area (Å²) in [6, 6.07) is 0. The molecule has 0 bridgehead atoms. The minimum Gasteiger partial charge on any atom is -0.374 e. The van der Waals surface area contributed by atoms with Gasteiger partial charge in [-0.1, -0.05) is 20.8 Å². The van der Waals surface area contributed by atoms with Crippen LogP contribution in [0.3, 0.4) is 0 Å². The van der Waals surface area contributed by atoms with Crippen molar-refractivity contribution in [2.24, 2.45) is 0 Å². The molecule has 0 spiro atoms. The molecule has 0 aromatic heterocycles. The number of ether oxygens (including phenoxy) is 4. The lowest BCUT2D eigenvalue weighted by Crippen LogP contribution is -2.77. The second kappa shape index (κ2) is 11.5. The largest absolute Gasteiger partial charge is 0.569 e. The molecular weight excluding hydrogens is 332 g/mol. The fraction of sp³-hybridized carbons (Fsp3) is 1.00. The molecule has 0 aliphatic rings. The summed E-state index contributed by atoms with van der Waals surface area (Å²) in [5.41, 5.74) is -1.45. The smallest absolute Gasteiger partial charge is 0.374 e. The fourth-order valence-electron chi connectivity index (χ4n) is 2.49. The molecule has 0 aliphatic heterocycles. The van der Waals surface area contributed by atoms with Crippen LogP contribution < -0.4 is 0 Å². The van der Waals surface area contributed by atoms with Crippen LogP contribution in [0, 0.1) is 0 Å². The zero-order valence-corrected chi connectivity index (χ0v) is 17.6. The maximum Gasteiger partial charge on any atom is 0.569 e. The SMILES string of the molecule is CCCOC(C)(OC)C(OCCC)(OCCC)[Si](OC)(OC)OC. The quantitative estimate of drug-likeness (QED) is 0.325. The van der Waals surface area contributed by atoms with E-state index in [4.69, 9.17) is 32.2 Å². The molecule has 0 fully saturated rings. The van der Waals surface area contributed by atoms with Gasteiger partial charge in [-0.05, 0) is 26.2 Å². The Morgan fingerprint density at radius 3 is 1.33 bits per heavy atom. The van der Waals surface area contributed by atoms with Crippen LogP contribution in [-0.2, 0) is 32.2 Å². The van der Waals surface area contributed by atoms with Gasteiger partial charge in [0.1, 0.15) is 0 Å². The fourth-order valence-corrected chi connectivity index (χ4v) is 5.08. The lowest BCUT2D eigenvalue weighted by molar-refractivity contribution is -0.380. The Balaban J connectivity index is 6.22. The highest BCUT2D eigenvalue weighted by Gasteiger charge is 2.73. The van der Waals surface area contributed by atoms with Crippen LogP contribution in [0.1, 0.15) is 47.0 Å². The molecule has 146 valence electrons. The molecule has 0 aromatic carbocycles. The summed E-state index contributed by atoms with van der Waals surface area (Å²) in [7, 11) is 2.65. The van der Waals surface area contributed by atoms with Gasteiger partial charge in [0, 0.05) is 48.3 Å². The Labute approximate surface area is 148 Å². The van der Waals surface area contributed by atoms with E-state index in [1.165, 1.54) is 21.3 Å². The number of methoxy groups -OCH3 is 1. The van der Waals surface area contributed by atoms with Crippen molar-refractivity contribution in [3.63, 3.8) is 0 Å². The van der Waals surface area contributed by atoms with Crippen LogP contribution in [0.4, 0.5) is 0 Å². The maximum absolute atomic E-state index is 6.19. The predicted molar refractivity (Wildman–Crippen MR) is 93.7 cm³/mol. The number of hydrogen-bond donors (Lipinski definition) is 0. The molecule has 0 aromatic rings. The third-order valence-electron chi connectivity index (χ3n) is 3.80. The van der Waals surface area contributed by atoms with Crippen molar-refractivity contribution in [3.8, 4) is 0 Å². The second-order valence-corrected chi connectivity index (χ2v) is 8.48. The lowest BCUT2D eigenvalue weighted by atomic mass is 10.3. The first kappa shape index (κ1) is 23.9. The summed E-state index contributed by atoms with van der Waals surface area (Å²) in [5.74, 6) is -1.26. The molecule has 0 N–H and O–H groups in total. The monoisotopic (exact) mass is 368 g/mol. The molecule has 0 rings (SSSR count). The molecule has 1 unspecified atom stereocenters. The van der Waals surface area contributed by atoms with E-state index in [0.717, 1.165) is 19.3 Å². The molecule has 0 saturated carbocycles. The van der Waals surface area contributed by atoms with Crippen molar-refractivity contribution in [2.45, 2.75) is 58.2 Å². The second-order valence-electron chi connectivity index (χ2n) is 5.48. The Morgan fingerprint density at radius 1 is 0.667 bits per heavy atom. The third kappa shape index (κ3) is 4.76. The third-order valence-corrected chi connectivity index (χ3v) is 6.96. The topological polar surface area (TPSA) is 64.6 Å². The molecule has 1 atom stereocenters. The van der Waals surface area contributed by atoms with E-state index in [1.54, 1.807) is 14.0 Å². The van der Waals surface area contributed by atoms with Gasteiger partial charge in [-0.15, -0.1) is 0 Å². The van der Waals surface area contributed by atoms with Gasteiger partial charge in [0.15, 0.2) is 0 Å². The van der Waals surface area contributed by atoms with Gasteiger partial charge in [0.05, 0.1) is 0 Å². The minimum atomic E-state index is -3.47. The number of rotatable bonds is 15. The van der Waals surface area contributed by atoms with Crippen LogP contribution >= 0.6 is 0 Å². The van der Waals surface area contributed by atoms with E-state index in [2.05, 4.69) is 0 Å². The standard InChI is InChI=1S/C16H36O7Si/c1-9-12-21-15(4,17-5)16(22-13-10-2,23-14-11-3)24(18-6,19-7)20-8/h9-14H2,1-8H3. The van der Waals surface area contributed by atoms with Gasteiger partial charge in [-0.25, -0.2) is 0 Å². The van der Waals surface area contributed by atoms with Crippen LogP contribution in [0.2, 0.25) is 0 Å². The van der Waals surface area contributed by atoms with Crippen molar-refractivity contribution < 1.29 is 32.2 Å². The van der Waals surface area contributed by atoms with Crippen molar-refractivity contribution in [1.82, 2.24) is 0 Å². The highest BCUT2D eigenvalue weighted by atomic mass is 28.4. The number of hydrogen-bond acceptors (Lipinski definition) is 7. The van der Waals surface area contributed by atoms with Gasteiger partial charge in [-0.3, -0.25) is 0 Å². The predicted octanol–water partition coefficient (Wildman–Crippen LogP) is 2.74. The molecule has 8 heteroatoms.